The van der Waals surface area contributed by atoms with Crippen LogP contribution in [0.15, 0.2) is 18.3 Å². The quantitative estimate of drug-likeness (QED) is 0.768. The summed E-state index contributed by atoms with van der Waals surface area (Å²) in [5.41, 5.74) is 2.32. The Labute approximate surface area is 106 Å². The van der Waals surface area contributed by atoms with Gasteiger partial charge in [-0.1, -0.05) is 0 Å². The lowest BCUT2D eigenvalue weighted by molar-refractivity contribution is 0.0985. The van der Waals surface area contributed by atoms with E-state index < -0.39 is 0 Å². The first-order valence-corrected chi connectivity index (χ1v) is 5.96. The van der Waals surface area contributed by atoms with Gasteiger partial charge < -0.3 is 0 Å². The lowest BCUT2D eigenvalue weighted by atomic mass is 10.1. The molecule has 0 aliphatic rings. The maximum Gasteiger partial charge on any atom is 0.187 e. The maximum atomic E-state index is 12.1. The number of hydrogen-bond donors (Lipinski definition) is 0. The van der Waals surface area contributed by atoms with Gasteiger partial charge in [0.25, 0.3) is 0 Å². The van der Waals surface area contributed by atoms with Crippen molar-refractivity contribution in [2.45, 2.75) is 33.7 Å². The number of aryl methyl sites for hydroxylation is 3. The second-order valence-electron chi connectivity index (χ2n) is 4.18. The van der Waals surface area contributed by atoms with Crippen LogP contribution in [0.2, 0.25) is 0 Å². The molecule has 2 rings (SSSR count). The van der Waals surface area contributed by atoms with Crippen LogP contribution in [0.1, 0.15) is 34.6 Å². The van der Waals surface area contributed by atoms with Crippen molar-refractivity contribution in [3.8, 4) is 0 Å². The summed E-state index contributed by atoms with van der Waals surface area (Å²) < 4.78 is 1.85. The fraction of sp³-hybridized carbons (Fsp3) is 0.385. The van der Waals surface area contributed by atoms with Crippen molar-refractivity contribution < 1.29 is 4.79 Å². The molecule has 0 unspecified atom stereocenters. The van der Waals surface area contributed by atoms with Crippen LogP contribution in [-0.4, -0.2) is 25.5 Å². The van der Waals surface area contributed by atoms with Gasteiger partial charge >= 0.3 is 0 Å². The lowest BCUT2D eigenvalue weighted by Crippen LogP contribution is -2.11. The number of carbonyl (C=O) groups is 1. The average molecular weight is 244 g/mol. The first-order chi connectivity index (χ1) is 8.60. The van der Waals surface area contributed by atoms with E-state index in [1.54, 1.807) is 19.2 Å². The highest BCUT2D eigenvalue weighted by molar-refractivity contribution is 5.95. The van der Waals surface area contributed by atoms with E-state index in [9.17, 15) is 4.79 Å². The number of ketones is 1. The van der Waals surface area contributed by atoms with Gasteiger partial charge in [0.05, 0.1) is 12.1 Å². The van der Waals surface area contributed by atoms with Crippen LogP contribution in [-0.2, 0) is 13.0 Å². The van der Waals surface area contributed by atoms with Crippen molar-refractivity contribution in [3.63, 3.8) is 0 Å². The van der Waals surface area contributed by atoms with Crippen LogP contribution in [0.3, 0.4) is 0 Å². The summed E-state index contributed by atoms with van der Waals surface area (Å²) in [5, 5.41) is 4.33. The maximum absolute atomic E-state index is 12.1. The number of hydrogen-bond acceptors (Lipinski definition) is 4. The SMILES string of the molecule is CCn1nc(C)cc1CC(=O)c1ccnc(C)n1. The summed E-state index contributed by atoms with van der Waals surface area (Å²) in [4.78, 5) is 20.2. The predicted molar refractivity (Wildman–Crippen MR) is 67.4 cm³/mol. The van der Waals surface area contributed by atoms with Crippen LogP contribution in [0, 0.1) is 13.8 Å². The predicted octanol–water partition coefficient (Wildman–Crippen LogP) is 1.74. The molecular weight excluding hydrogens is 228 g/mol. The molecule has 2 heterocycles. The van der Waals surface area contributed by atoms with E-state index in [0.717, 1.165) is 17.9 Å². The van der Waals surface area contributed by atoms with Crippen molar-refractivity contribution in [1.82, 2.24) is 19.7 Å². The fourth-order valence-electron chi connectivity index (χ4n) is 1.88. The number of aromatic nitrogens is 4. The number of nitrogens with zero attached hydrogens (tertiary/aromatic N) is 4. The zero-order valence-electron chi connectivity index (χ0n) is 10.8. The van der Waals surface area contributed by atoms with Gasteiger partial charge in [-0.15, -0.1) is 0 Å². The van der Waals surface area contributed by atoms with Crippen LogP contribution < -0.4 is 0 Å². The molecule has 0 aromatic carbocycles. The third kappa shape index (κ3) is 2.61. The highest BCUT2D eigenvalue weighted by Gasteiger charge is 2.13. The Hall–Kier alpha value is -2.04. The van der Waals surface area contributed by atoms with Gasteiger partial charge in [-0.05, 0) is 32.9 Å². The van der Waals surface area contributed by atoms with Gasteiger partial charge in [0.2, 0.25) is 0 Å². The Kier molecular flexibility index (Phi) is 3.50. The fourth-order valence-corrected chi connectivity index (χ4v) is 1.88. The van der Waals surface area contributed by atoms with Crippen molar-refractivity contribution >= 4 is 5.78 Å². The minimum Gasteiger partial charge on any atom is -0.292 e. The molecule has 2 aromatic heterocycles. The zero-order chi connectivity index (χ0) is 13.1. The minimum absolute atomic E-state index is 0.00454. The molecular formula is C13H16N4O. The Morgan fingerprint density at radius 1 is 1.39 bits per heavy atom. The van der Waals surface area contributed by atoms with E-state index >= 15 is 0 Å². The molecule has 5 heteroatoms. The summed E-state index contributed by atoms with van der Waals surface area (Å²) >= 11 is 0. The van der Waals surface area contributed by atoms with Crippen LogP contribution in [0.5, 0.6) is 0 Å². The number of Topliss-reactive ketones (excluding diaryl/α,β-unsaturated/α-hetero) is 1. The first kappa shape index (κ1) is 12.4. The second kappa shape index (κ2) is 5.08. The molecule has 0 atom stereocenters. The molecule has 2 aromatic rings. The molecule has 0 amide bonds. The average Bonchev–Trinajstić information content (AvgIpc) is 2.69. The van der Waals surface area contributed by atoms with Crippen LogP contribution in [0.4, 0.5) is 0 Å². The number of rotatable bonds is 4. The van der Waals surface area contributed by atoms with Gasteiger partial charge in [-0.3, -0.25) is 9.48 Å². The number of carbonyl (C=O) groups excluding carboxylic acids is 1. The summed E-state index contributed by atoms with van der Waals surface area (Å²) in [5.74, 6) is 0.608. The third-order valence-corrected chi connectivity index (χ3v) is 2.69. The molecule has 0 spiro atoms. The molecule has 5 nitrogen and oxygen atoms in total. The smallest absolute Gasteiger partial charge is 0.187 e. The summed E-state index contributed by atoms with van der Waals surface area (Å²) in [6.07, 6.45) is 1.93. The second-order valence-corrected chi connectivity index (χ2v) is 4.18. The molecule has 0 bridgehead atoms. The van der Waals surface area contributed by atoms with E-state index in [1.165, 1.54) is 0 Å². The molecule has 0 saturated heterocycles. The highest BCUT2D eigenvalue weighted by Crippen LogP contribution is 2.08. The van der Waals surface area contributed by atoms with Crippen molar-refractivity contribution in [3.05, 3.63) is 41.2 Å². The summed E-state index contributed by atoms with van der Waals surface area (Å²) in [6, 6.07) is 3.59. The molecule has 0 saturated carbocycles. The Bertz CT molecular complexity index is 574. The molecule has 94 valence electrons. The standard InChI is InChI=1S/C13H16N4O/c1-4-17-11(7-9(2)16-17)8-13(18)12-5-6-14-10(3)15-12/h5-7H,4,8H2,1-3H3. The Morgan fingerprint density at radius 3 is 2.83 bits per heavy atom. The van der Waals surface area contributed by atoms with Gasteiger partial charge in [-0.2, -0.15) is 5.10 Å². The largest absolute Gasteiger partial charge is 0.292 e. The topological polar surface area (TPSA) is 60.7 Å². The molecule has 18 heavy (non-hydrogen) atoms. The highest BCUT2D eigenvalue weighted by atomic mass is 16.1. The van der Waals surface area contributed by atoms with Gasteiger partial charge in [0, 0.05) is 18.4 Å². The summed E-state index contributed by atoms with van der Waals surface area (Å²) in [6.45, 7) is 6.47. The normalized spacial score (nSPS) is 10.6. The van der Waals surface area contributed by atoms with Gasteiger partial charge in [-0.25, -0.2) is 9.97 Å². The van der Waals surface area contributed by atoms with Crippen molar-refractivity contribution in [2.75, 3.05) is 0 Å². The van der Waals surface area contributed by atoms with E-state index in [0.29, 0.717) is 17.9 Å². The zero-order valence-corrected chi connectivity index (χ0v) is 10.8. The van der Waals surface area contributed by atoms with Gasteiger partial charge in [0.15, 0.2) is 5.78 Å². The lowest BCUT2D eigenvalue weighted by Gasteiger charge is -2.04. The third-order valence-electron chi connectivity index (χ3n) is 2.69. The molecule has 0 aliphatic heterocycles. The molecule has 0 radical (unpaired) electrons. The van der Waals surface area contributed by atoms with E-state index in [-0.39, 0.29) is 5.78 Å². The van der Waals surface area contributed by atoms with Crippen LogP contribution in [0.25, 0.3) is 0 Å². The first-order valence-electron chi connectivity index (χ1n) is 5.96. The van der Waals surface area contributed by atoms with Gasteiger partial charge in [0.1, 0.15) is 11.5 Å². The van der Waals surface area contributed by atoms with E-state index in [4.69, 9.17) is 0 Å². The van der Waals surface area contributed by atoms with Crippen LogP contribution >= 0.6 is 0 Å². The Balaban J connectivity index is 2.21. The van der Waals surface area contributed by atoms with Crippen molar-refractivity contribution in [2.24, 2.45) is 0 Å². The minimum atomic E-state index is -0.00454. The van der Waals surface area contributed by atoms with E-state index in [2.05, 4.69) is 15.1 Å². The molecule has 0 fully saturated rings. The van der Waals surface area contributed by atoms with Crippen molar-refractivity contribution in [1.29, 1.82) is 0 Å². The monoisotopic (exact) mass is 244 g/mol. The van der Waals surface area contributed by atoms with E-state index in [1.807, 2.05) is 24.6 Å². The Morgan fingerprint density at radius 2 is 2.17 bits per heavy atom. The molecule has 0 aliphatic carbocycles. The molecule has 0 N–H and O–H groups in total. The summed E-state index contributed by atoms with van der Waals surface area (Å²) in [7, 11) is 0.